The fourth-order valence-electron chi connectivity index (χ4n) is 2.03. The molecule has 0 aliphatic rings. The monoisotopic (exact) mass is 311 g/mol. The van der Waals surface area contributed by atoms with Gasteiger partial charge in [-0.1, -0.05) is 25.1 Å². The first-order valence-electron chi connectivity index (χ1n) is 6.67. The standard InChI is InChI=1S/C16H16F3NS/c1-2-20-15(13-7-4-8-14(18)16(13)19)10-21-12-6-3-5-11(17)9-12/h3-9,15,20H,2,10H2,1H3. The highest BCUT2D eigenvalue weighted by Crippen LogP contribution is 2.27. The van der Waals surface area contributed by atoms with Gasteiger partial charge in [0, 0.05) is 22.3 Å². The zero-order valence-electron chi connectivity index (χ0n) is 11.6. The minimum absolute atomic E-state index is 0.292. The van der Waals surface area contributed by atoms with E-state index in [1.807, 2.05) is 6.92 Å². The maximum absolute atomic E-state index is 13.9. The lowest BCUT2D eigenvalue weighted by molar-refractivity contribution is 0.478. The van der Waals surface area contributed by atoms with Crippen molar-refractivity contribution < 1.29 is 13.2 Å². The van der Waals surface area contributed by atoms with Crippen molar-refractivity contribution in [3.8, 4) is 0 Å². The molecule has 2 rings (SSSR count). The molecule has 21 heavy (non-hydrogen) atoms. The Labute approximate surface area is 126 Å². The molecule has 0 spiro atoms. The zero-order chi connectivity index (χ0) is 15.2. The largest absolute Gasteiger partial charge is 0.309 e. The van der Waals surface area contributed by atoms with E-state index in [0.717, 1.165) is 11.0 Å². The van der Waals surface area contributed by atoms with Gasteiger partial charge in [0.15, 0.2) is 11.6 Å². The number of rotatable bonds is 6. The van der Waals surface area contributed by atoms with Crippen molar-refractivity contribution in [3.63, 3.8) is 0 Å². The zero-order valence-corrected chi connectivity index (χ0v) is 12.4. The van der Waals surface area contributed by atoms with Crippen molar-refractivity contribution in [2.24, 2.45) is 0 Å². The van der Waals surface area contributed by atoms with Gasteiger partial charge >= 0.3 is 0 Å². The van der Waals surface area contributed by atoms with Crippen LogP contribution in [-0.4, -0.2) is 12.3 Å². The number of hydrogen-bond donors (Lipinski definition) is 1. The summed E-state index contributed by atoms with van der Waals surface area (Å²) in [5, 5.41) is 3.13. The first-order valence-corrected chi connectivity index (χ1v) is 7.66. The van der Waals surface area contributed by atoms with Crippen molar-refractivity contribution in [3.05, 3.63) is 65.5 Å². The van der Waals surface area contributed by atoms with E-state index in [1.165, 1.54) is 30.0 Å². The summed E-state index contributed by atoms with van der Waals surface area (Å²) in [6, 6.07) is 10.0. The van der Waals surface area contributed by atoms with Gasteiger partial charge in [-0.05, 0) is 30.8 Å². The van der Waals surface area contributed by atoms with Crippen LogP contribution in [0.2, 0.25) is 0 Å². The first kappa shape index (κ1) is 15.9. The van der Waals surface area contributed by atoms with Gasteiger partial charge in [0.2, 0.25) is 0 Å². The molecular formula is C16H16F3NS. The molecule has 2 aromatic carbocycles. The van der Waals surface area contributed by atoms with E-state index in [1.54, 1.807) is 18.2 Å². The summed E-state index contributed by atoms with van der Waals surface area (Å²) in [7, 11) is 0. The van der Waals surface area contributed by atoms with E-state index >= 15 is 0 Å². The molecule has 1 atom stereocenters. The van der Waals surface area contributed by atoms with Gasteiger partial charge < -0.3 is 5.32 Å². The van der Waals surface area contributed by atoms with E-state index < -0.39 is 11.6 Å². The fourth-order valence-corrected chi connectivity index (χ4v) is 3.06. The quantitative estimate of drug-likeness (QED) is 0.786. The van der Waals surface area contributed by atoms with Crippen molar-refractivity contribution in [2.75, 3.05) is 12.3 Å². The molecule has 0 aliphatic carbocycles. The van der Waals surface area contributed by atoms with Gasteiger partial charge in [-0.15, -0.1) is 11.8 Å². The smallest absolute Gasteiger partial charge is 0.163 e. The number of halogens is 3. The molecule has 2 aromatic rings. The second-order valence-electron chi connectivity index (χ2n) is 4.52. The van der Waals surface area contributed by atoms with E-state index in [2.05, 4.69) is 5.32 Å². The summed E-state index contributed by atoms with van der Waals surface area (Å²) in [4.78, 5) is 0.759. The van der Waals surface area contributed by atoms with E-state index in [0.29, 0.717) is 17.9 Å². The van der Waals surface area contributed by atoms with Crippen molar-refractivity contribution in [1.82, 2.24) is 5.32 Å². The normalized spacial score (nSPS) is 12.4. The molecular weight excluding hydrogens is 295 g/mol. The van der Waals surface area contributed by atoms with Crippen LogP contribution in [0.15, 0.2) is 47.4 Å². The molecule has 0 amide bonds. The van der Waals surface area contributed by atoms with Crippen molar-refractivity contribution in [2.45, 2.75) is 17.9 Å². The van der Waals surface area contributed by atoms with E-state index in [9.17, 15) is 13.2 Å². The third kappa shape index (κ3) is 4.25. The van der Waals surface area contributed by atoms with Gasteiger partial charge in [-0.25, -0.2) is 13.2 Å². The second kappa shape index (κ2) is 7.52. The molecule has 0 aliphatic heterocycles. The van der Waals surface area contributed by atoms with Crippen molar-refractivity contribution in [1.29, 1.82) is 0 Å². The third-order valence-corrected chi connectivity index (χ3v) is 4.11. The number of benzene rings is 2. The molecule has 0 bridgehead atoms. The Kier molecular flexibility index (Phi) is 5.70. The maximum Gasteiger partial charge on any atom is 0.163 e. The van der Waals surface area contributed by atoms with E-state index in [-0.39, 0.29) is 11.9 Å². The highest BCUT2D eigenvalue weighted by molar-refractivity contribution is 7.99. The predicted octanol–water partition coefficient (Wildman–Crippen LogP) is 4.55. The van der Waals surface area contributed by atoms with E-state index in [4.69, 9.17) is 0 Å². The van der Waals surface area contributed by atoms with Crippen molar-refractivity contribution >= 4 is 11.8 Å². The Morgan fingerprint density at radius 2 is 1.86 bits per heavy atom. The Bertz CT molecular complexity index is 604. The molecule has 0 heterocycles. The molecule has 0 saturated carbocycles. The van der Waals surface area contributed by atoms with Gasteiger partial charge in [-0.2, -0.15) is 0 Å². The van der Waals surface area contributed by atoms with Gasteiger partial charge in [-0.3, -0.25) is 0 Å². The summed E-state index contributed by atoms with van der Waals surface area (Å²) in [6.45, 7) is 2.53. The summed E-state index contributed by atoms with van der Waals surface area (Å²) in [5.74, 6) is -1.51. The molecule has 1 unspecified atom stereocenters. The Balaban J connectivity index is 2.14. The summed E-state index contributed by atoms with van der Waals surface area (Å²) in [5.41, 5.74) is 0.292. The van der Waals surface area contributed by atoms with Crippen LogP contribution in [0.4, 0.5) is 13.2 Å². The molecule has 1 N–H and O–H groups in total. The maximum atomic E-state index is 13.9. The fraction of sp³-hybridized carbons (Fsp3) is 0.250. The highest BCUT2D eigenvalue weighted by Gasteiger charge is 2.17. The first-order chi connectivity index (χ1) is 10.1. The molecule has 112 valence electrons. The van der Waals surface area contributed by atoms with Gasteiger partial charge in [0.25, 0.3) is 0 Å². The highest BCUT2D eigenvalue weighted by atomic mass is 32.2. The van der Waals surface area contributed by atoms with Gasteiger partial charge in [0.05, 0.1) is 0 Å². The molecule has 0 fully saturated rings. The summed E-state index contributed by atoms with van der Waals surface area (Å²) in [6.07, 6.45) is 0. The Morgan fingerprint density at radius 3 is 2.57 bits per heavy atom. The minimum Gasteiger partial charge on any atom is -0.309 e. The number of nitrogens with one attached hydrogen (secondary N) is 1. The predicted molar refractivity (Wildman–Crippen MR) is 79.9 cm³/mol. The van der Waals surface area contributed by atoms with Crippen LogP contribution in [0.1, 0.15) is 18.5 Å². The summed E-state index contributed by atoms with van der Waals surface area (Å²) < 4.78 is 40.4. The average Bonchev–Trinajstić information content (AvgIpc) is 2.47. The Morgan fingerprint density at radius 1 is 1.10 bits per heavy atom. The number of hydrogen-bond acceptors (Lipinski definition) is 2. The topological polar surface area (TPSA) is 12.0 Å². The average molecular weight is 311 g/mol. The molecule has 5 heteroatoms. The van der Waals surface area contributed by atoms with Crippen LogP contribution >= 0.6 is 11.8 Å². The minimum atomic E-state index is -0.855. The second-order valence-corrected chi connectivity index (χ2v) is 5.62. The molecule has 0 saturated heterocycles. The molecule has 0 aromatic heterocycles. The van der Waals surface area contributed by atoms with Crippen LogP contribution in [0, 0.1) is 17.5 Å². The van der Waals surface area contributed by atoms with Crippen LogP contribution in [0.25, 0.3) is 0 Å². The lowest BCUT2D eigenvalue weighted by Gasteiger charge is -2.19. The molecule has 0 radical (unpaired) electrons. The Hall–Kier alpha value is -1.46. The lowest BCUT2D eigenvalue weighted by Crippen LogP contribution is -2.24. The number of thioether (sulfide) groups is 1. The summed E-state index contributed by atoms with van der Waals surface area (Å²) >= 11 is 1.40. The van der Waals surface area contributed by atoms with Crippen LogP contribution < -0.4 is 5.32 Å². The van der Waals surface area contributed by atoms with Gasteiger partial charge in [0.1, 0.15) is 5.82 Å². The molecule has 1 nitrogen and oxygen atoms in total. The third-order valence-electron chi connectivity index (χ3n) is 3.02. The van der Waals surface area contributed by atoms with Crippen LogP contribution in [0.5, 0.6) is 0 Å². The lowest BCUT2D eigenvalue weighted by atomic mass is 10.1. The van der Waals surface area contributed by atoms with Crippen LogP contribution in [-0.2, 0) is 0 Å². The van der Waals surface area contributed by atoms with Crippen LogP contribution in [0.3, 0.4) is 0 Å². The SMILES string of the molecule is CCNC(CSc1cccc(F)c1)c1cccc(F)c1F.